The molecular formula is C14H23N3O2S. The number of benzene rings is 1. The minimum atomic E-state index is -3.60. The molecule has 0 spiro atoms. The van der Waals surface area contributed by atoms with Gasteiger partial charge in [-0.3, -0.25) is 0 Å². The van der Waals surface area contributed by atoms with Crippen LogP contribution in [0.5, 0.6) is 0 Å². The lowest BCUT2D eigenvalue weighted by molar-refractivity contribution is 0.177. The molecule has 112 valence electrons. The van der Waals surface area contributed by atoms with Crippen molar-refractivity contribution in [1.29, 1.82) is 0 Å². The second kappa shape index (κ2) is 6.11. The normalized spacial score (nSPS) is 18.4. The summed E-state index contributed by atoms with van der Waals surface area (Å²) in [5.74, 6) is 0. The highest BCUT2D eigenvalue weighted by Crippen LogP contribution is 2.19. The van der Waals surface area contributed by atoms with Crippen LogP contribution in [0.3, 0.4) is 0 Å². The zero-order valence-electron chi connectivity index (χ0n) is 12.0. The standard InChI is InChI=1S/C14H23N3O2S/c1-11(2)17-9-7-13(8-10-17)16-12-3-5-14(6-4-12)20(15,18)19/h3-6,11,13,16H,7-10H2,1-2H3,(H2,15,18,19). The summed E-state index contributed by atoms with van der Waals surface area (Å²) in [6, 6.07) is 7.68. The van der Waals surface area contributed by atoms with Gasteiger partial charge in [0.25, 0.3) is 0 Å². The first-order valence-electron chi connectivity index (χ1n) is 7.00. The Morgan fingerprint density at radius 1 is 1.20 bits per heavy atom. The molecule has 0 aliphatic carbocycles. The van der Waals surface area contributed by atoms with E-state index < -0.39 is 10.0 Å². The van der Waals surface area contributed by atoms with Gasteiger partial charge in [-0.2, -0.15) is 0 Å². The molecule has 3 N–H and O–H groups in total. The smallest absolute Gasteiger partial charge is 0.238 e. The monoisotopic (exact) mass is 297 g/mol. The molecule has 5 nitrogen and oxygen atoms in total. The summed E-state index contributed by atoms with van der Waals surface area (Å²) in [6.45, 7) is 6.65. The average molecular weight is 297 g/mol. The average Bonchev–Trinajstić information content (AvgIpc) is 2.39. The fraction of sp³-hybridized carbons (Fsp3) is 0.571. The van der Waals surface area contributed by atoms with Gasteiger partial charge in [-0.25, -0.2) is 13.6 Å². The molecule has 1 heterocycles. The number of likely N-dealkylation sites (tertiary alicyclic amines) is 1. The molecular weight excluding hydrogens is 274 g/mol. The molecule has 6 heteroatoms. The van der Waals surface area contributed by atoms with Crippen LogP contribution in [0.4, 0.5) is 5.69 Å². The lowest BCUT2D eigenvalue weighted by Crippen LogP contribution is -2.42. The van der Waals surface area contributed by atoms with Crippen LogP contribution in [0.2, 0.25) is 0 Å². The van der Waals surface area contributed by atoms with Crippen LogP contribution < -0.4 is 10.5 Å². The van der Waals surface area contributed by atoms with E-state index in [2.05, 4.69) is 24.1 Å². The van der Waals surface area contributed by atoms with Crippen molar-refractivity contribution < 1.29 is 8.42 Å². The number of hydrogen-bond acceptors (Lipinski definition) is 4. The van der Waals surface area contributed by atoms with E-state index in [0.29, 0.717) is 12.1 Å². The second-order valence-corrected chi connectivity index (χ2v) is 7.18. The molecule has 0 unspecified atom stereocenters. The van der Waals surface area contributed by atoms with Crippen LogP contribution in [0, 0.1) is 0 Å². The molecule has 1 aromatic carbocycles. The number of nitrogens with two attached hydrogens (primary N) is 1. The maximum atomic E-state index is 11.2. The molecule has 1 aliphatic rings. The minimum absolute atomic E-state index is 0.151. The SMILES string of the molecule is CC(C)N1CCC(Nc2ccc(S(N)(=O)=O)cc2)CC1. The second-order valence-electron chi connectivity index (χ2n) is 5.62. The molecule has 0 radical (unpaired) electrons. The van der Waals surface area contributed by atoms with Gasteiger partial charge in [-0.15, -0.1) is 0 Å². The minimum Gasteiger partial charge on any atom is -0.382 e. The van der Waals surface area contributed by atoms with Crippen molar-refractivity contribution in [3.05, 3.63) is 24.3 Å². The number of primary sulfonamides is 1. The first-order valence-corrected chi connectivity index (χ1v) is 8.54. The van der Waals surface area contributed by atoms with Crippen molar-refractivity contribution in [3.63, 3.8) is 0 Å². The quantitative estimate of drug-likeness (QED) is 0.885. The Morgan fingerprint density at radius 3 is 2.20 bits per heavy atom. The molecule has 0 saturated carbocycles. The van der Waals surface area contributed by atoms with Crippen LogP contribution in [0.1, 0.15) is 26.7 Å². The van der Waals surface area contributed by atoms with Crippen molar-refractivity contribution in [2.24, 2.45) is 5.14 Å². The Morgan fingerprint density at radius 2 is 1.75 bits per heavy atom. The number of sulfonamides is 1. The predicted octanol–water partition coefficient (Wildman–Crippen LogP) is 1.62. The van der Waals surface area contributed by atoms with Crippen LogP contribution in [-0.4, -0.2) is 38.5 Å². The molecule has 1 aliphatic heterocycles. The third kappa shape index (κ3) is 3.94. The third-order valence-electron chi connectivity index (χ3n) is 3.81. The summed E-state index contributed by atoms with van der Waals surface area (Å²) in [5.41, 5.74) is 0.945. The number of nitrogens with one attached hydrogen (secondary N) is 1. The lowest BCUT2D eigenvalue weighted by Gasteiger charge is -2.35. The molecule has 0 aromatic heterocycles. The maximum absolute atomic E-state index is 11.2. The van der Waals surface area contributed by atoms with Crippen molar-refractivity contribution in [3.8, 4) is 0 Å². The molecule has 0 bridgehead atoms. The van der Waals surface area contributed by atoms with Gasteiger partial charge in [-0.05, 0) is 51.0 Å². The fourth-order valence-corrected chi connectivity index (χ4v) is 3.05. The number of hydrogen-bond donors (Lipinski definition) is 2. The van der Waals surface area contributed by atoms with Crippen molar-refractivity contribution in [2.75, 3.05) is 18.4 Å². The van der Waals surface area contributed by atoms with Gasteiger partial charge in [0, 0.05) is 30.9 Å². The van der Waals surface area contributed by atoms with Gasteiger partial charge in [0.05, 0.1) is 4.90 Å². The van der Waals surface area contributed by atoms with E-state index in [4.69, 9.17) is 5.14 Å². The van der Waals surface area contributed by atoms with Gasteiger partial charge in [0.2, 0.25) is 10.0 Å². The van der Waals surface area contributed by atoms with Crippen LogP contribution in [-0.2, 0) is 10.0 Å². The predicted molar refractivity (Wildman–Crippen MR) is 81.2 cm³/mol. The molecule has 0 atom stereocenters. The lowest BCUT2D eigenvalue weighted by atomic mass is 10.0. The first kappa shape index (κ1) is 15.3. The Balaban J connectivity index is 1.92. The van der Waals surface area contributed by atoms with E-state index in [1.54, 1.807) is 24.3 Å². The zero-order chi connectivity index (χ0) is 14.8. The molecule has 1 saturated heterocycles. The molecule has 20 heavy (non-hydrogen) atoms. The van der Waals surface area contributed by atoms with Crippen LogP contribution in [0.15, 0.2) is 29.2 Å². The van der Waals surface area contributed by atoms with Gasteiger partial charge in [0.15, 0.2) is 0 Å². The summed E-state index contributed by atoms with van der Waals surface area (Å²) >= 11 is 0. The highest BCUT2D eigenvalue weighted by Gasteiger charge is 2.20. The summed E-state index contributed by atoms with van der Waals surface area (Å²) in [5, 5.41) is 8.54. The highest BCUT2D eigenvalue weighted by atomic mass is 32.2. The van der Waals surface area contributed by atoms with E-state index in [0.717, 1.165) is 31.6 Å². The van der Waals surface area contributed by atoms with Gasteiger partial charge < -0.3 is 10.2 Å². The first-order chi connectivity index (χ1) is 9.36. The van der Waals surface area contributed by atoms with Crippen LogP contribution >= 0.6 is 0 Å². The Labute approximate surface area is 121 Å². The molecule has 1 aromatic rings. The van der Waals surface area contributed by atoms with Crippen molar-refractivity contribution in [1.82, 2.24) is 4.90 Å². The van der Waals surface area contributed by atoms with Crippen molar-refractivity contribution in [2.45, 2.75) is 43.7 Å². The molecule has 2 rings (SSSR count). The maximum Gasteiger partial charge on any atom is 0.238 e. The Bertz CT molecular complexity index is 532. The number of piperidine rings is 1. The summed E-state index contributed by atoms with van der Waals surface area (Å²) in [4.78, 5) is 2.63. The van der Waals surface area contributed by atoms with E-state index in [1.807, 2.05) is 0 Å². The number of nitrogens with zero attached hydrogens (tertiary/aromatic N) is 1. The summed E-state index contributed by atoms with van der Waals surface area (Å²) < 4.78 is 22.4. The Kier molecular flexibility index (Phi) is 4.67. The zero-order valence-corrected chi connectivity index (χ0v) is 12.9. The topological polar surface area (TPSA) is 75.4 Å². The molecule has 0 amide bonds. The van der Waals surface area contributed by atoms with Gasteiger partial charge in [-0.1, -0.05) is 0 Å². The third-order valence-corrected chi connectivity index (χ3v) is 4.74. The van der Waals surface area contributed by atoms with E-state index >= 15 is 0 Å². The molecule has 1 fully saturated rings. The van der Waals surface area contributed by atoms with Gasteiger partial charge >= 0.3 is 0 Å². The van der Waals surface area contributed by atoms with Gasteiger partial charge in [0.1, 0.15) is 0 Å². The largest absolute Gasteiger partial charge is 0.382 e. The van der Waals surface area contributed by atoms with E-state index in [9.17, 15) is 8.42 Å². The fourth-order valence-electron chi connectivity index (χ4n) is 2.54. The van der Waals surface area contributed by atoms with Crippen molar-refractivity contribution >= 4 is 15.7 Å². The van der Waals surface area contributed by atoms with Crippen LogP contribution in [0.25, 0.3) is 0 Å². The Hall–Kier alpha value is -1.11. The number of anilines is 1. The number of rotatable bonds is 4. The summed E-state index contributed by atoms with van der Waals surface area (Å²) in [7, 11) is -3.60. The highest BCUT2D eigenvalue weighted by molar-refractivity contribution is 7.89. The van der Waals surface area contributed by atoms with E-state index in [-0.39, 0.29) is 4.90 Å². The van der Waals surface area contributed by atoms with E-state index in [1.165, 1.54) is 0 Å². The summed E-state index contributed by atoms with van der Waals surface area (Å²) in [6.07, 6.45) is 2.21.